The van der Waals surface area contributed by atoms with Gasteiger partial charge in [0.2, 0.25) is 0 Å². The summed E-state index contributed by atoms with van der Waals surface area (Å²) in [5.74, 6) is 0.936. The number of nitrogens with zero attached hydrogens (tertiary/aromatic N) is 2. The minimum atomic E-state index is 0.754. The lowest BCUT2D eigenvalue weighted by atomic mass is 9.92. The largest absolute Gasteiger partial charge is 0.382 e. The number of unbranched alkanes of at least 4 members (excludes halogenated alkanes) is 1. The Kier molecular flexibility index (Phi) is 12.7. The van der Waals surface area contributed by atoms with Crippen molar-refractivity contribution in [3.63, 3.8) is 0 Å². The third kappa shape index (κ3) is 9.74. The molecule has 0 spiro atoms. The summed E-state index contributed by atoms with van der Waals surface area (Å²) in [6, 6.07) is 0.754. The normalized spacial score (nSPS) is 22.7. The summed E-state index contributed by atoms with van der Waals surface area (Å²) in [4.78, 5) is 5.35. The minimum Gasteiger partial charge on any atom is -0.382 e. The van der Waals surface area contributed by atoms with Crippen LogP contribution in [0.25, 0.3) is 0 Å². The van der Waals surface area contributed by atoms with Gasteiger partial charge in [0.25, 0.3) is 0 Å². The minimum absolute atomic E-state index is 0.754. The molecule has 0 aromatic carbocycles. The summed E-state index contributed by atoms with van der Waals surface area (Å²) in [7, 11) is 0. The fourth-order valence-corrected chi connectivity index (χ4v) is 4.58. The Morgan fingerprint density at radius 2 is 1.78 bits per heavy atom. The van der Waals surface area contributed by atoms with Crippen molar-refractivity contribution >= 4 is 0 Å². The SMILES string of the molecule is CCCOCCCC1CCN(CC[CH]CN2CCCC2CCOCC)CC1. The van der Waals surface area contributed by atoms with Crippen LogP contribution in [0.1, 0.15) is 71.6 Å². The van der Waals surface area contributed by atoms with Gasteiger partial charge >= 0.3 is 0 Å². The summed E-state index contributed by atoms with van der Waals surface area (Å²) in [5.41, 5.74) is 0. The molecule has 2 saturated heterocycles. The Morgan fingerprint density at radius 3 is 2.56 bits per heavy atom. The number of likely N-dealkylation sites (tertiary alicyclic amines) is 2. The molecular formula is C23H45N2O2. The molecule has 0 aromatic heterocycles. The van der Waals surface area contributed by atoms with Crippen molar-refractivity contribution in [3.8, 4) is 0 Å². The van der Waals surface area contributed by atoms with Crippen molar-refractivity contribution in [1.29, 1.82) is 0 Å². The molecule has 0 N–H and O–H groups in total. The van der Waals surface area contributed by atoms with Gasteiger partial charge in [0, 0.05) is 39.0 Å². The molecule has 0 saturated carbocycles. The zero-order valence-electron chi connectivity index (χ0n) is 18.2. The molecule has 4 nitrogen and oxygen atoms in total. The van der Waals surface area contributed by atoms with Crippen molar-refractivity contribution in [3.05, 3.63) is 6.42 Å². The van der Waals surface area contributed by atoms with Crippen LogP contribution in [0.4, 0.5) is 0 Å². The number of piperidine rings is 1. The van der Waals surface area contributed by atoms with Gasteiger partial charge in [-0.1, -0.05) is 6.92 Å². The first-order valence-electron chi connectivity index (χ1n) is 11.8. The molecule has 2 rings (SSSR count). The highest BCUT2D eigenvalue weighted by molar-refractivity contribution is 4.84. The average Bonchev–Trinajstić information content (AvgIpc) is 3.14. The first-order chi connectivity index (χ1) is 13.3. The van der Waals surface area contributed by atoms with E-state index in [1.54, 1.807) is 0 Å². The van der Waals surface area contributed by atoms with Crippen LogP contribution in [0.2, 0.25) is 0 Å². The molecule has 2 aliphatic heterocycles. The lowest BCUT2D eigenvalue weighted by Crippen LogP contribution is -2.35. The molecule has 1 radical (unpaired) electrons. The summed E-state index contributed by atoms with van der Waals surface area (Å²) in [6.07, 6.45) is 14.2. The van der Waals surface area contributed by atoms with Crippen molar-refractivity contribution in [2.45, 2.75) is 77.7 Å². The van der Waals surface area contributed by atoms with Gasteiger partial charge in [-0.25, -0.2) is 0 Å². The van der Waals surface area contributed by atoms with Gasteiger partial charge in [0.1, 0.15) is 0 Å². The first-order valence-corrected chi connectivity index (χ1v) is 11.8. The van der Waals surface area contributed by atoms with Crippen LogP contribution in [0, 0.1) is 12.3 Å². The van der Waals surface area contributed by atoms with Gasteiger partial charge in [-0.3, -0.25) is 0 Å². The van der Waals surface area contributed by atoms with Crippen LogP contribution >= 0.6 is 0 Å². The predicted octanol–water partition coefficient (Wildman–Crippen LogP) is 4.39. The van der Waals surface area contributed by atoms with Crippen molar-refractivity contribution in [2.75, 3.05) is 59.2 Å². The molecule has 1 unspecified atom stereocenters. The summed E-state index contributed by atoms with van der Waals surface area (Å²) in [6.45, 7) is 14.2. The first kappa shape index (κ1) is 23.1. The fraction of sp³-hybridized carbons (Fsp3) is 0.957. The van der Waals surface area contributed by atoms with E-state index in [4.69, 9.17) is 9.47 Å². The topological polar surface area (TPSA) is 24.9 Å². The van der Waals surface area contributed by atoms with E-state index in [2.05, 4.69) is 30.1 Å². The Morgan fingerprint density at radius 1 is 0.926 bits per heavy atom. The highest BCUT2D eigenvalue weighted by Gasteiger charge is 2.24. The average molecular weight is 382 g/mol. The van der Waals surface area contributed by atoms with E-state index in [0.29, 0.717) is 0 Å². The van der Waals surface area contributed by atoms with Crippen LogP contribution in [-0.4, -0.2) is 75.0 Å². The molecule has 1 atom stereocenters. The zero-order valence-corrected chi connectivity index (χ0v) is 18.2. The van der Waals surface area contributed by atoms with Crippen molar-refractivity contribution in [2.24, 2.45) is 5.92 Å². The number of rotatable bonds is 15. The van der Waals surface area contributed by atoms with Crippen molar-refractivity contribution in [1.82, 2.24) is 9.80 Å². The lowest BCUT2D eigenvalue weighted by molar-refractivity contribution is 0.118. The molecule has 2 fully saturated rings. The standard InChI is InChI=1S/C23H45N2O2/c1-3-19-27-20-8-9-22-11-17-24(18-12-22)14-5-6-15-25-16-7-10-23(25)13-21-26-4-2/h6,22-23H,3-5,7-21H2,1-2H3. The van der Waals surface area contributed by atoms with E-state index in [0.717, 1.165) is 44.8 Å². The Hall–Kier alpha value is -0.160. The smallest absolute Gasteiger partial charge is 0.0480 e. The molecule has 27 heavy (non-hydrogen) atoms. The van der Waals surface area contributed by atoms with Crippen LogP contribution in [-0.2, 0) is 9.47 Å². The summed E-state index contributed by atoms with van der Waals surface area (Å²) >= 11 is 0. The monoisotopic (exact) mass is 381 g/mol. The lowest BCUT2D eigenvalue weighted by Gasteiger charge is -2.32. The second-order valence-corrected chi connectivity index (χ2v) is 8.39. The van der Waals surface area contributed by atoms with Gasteiger partial charge in [-0.2, -0.15) is 0 Å². The van der Waals surface area contributed by atoms with E-state index < -0.39 is 0 Å². The van der Waals surface area contributed by atoms with E-state index in [1.807, 2.05) is 0 Å². The van der Waals surface area contributed by atoms with Gasteiger partial charge in [-0.15, -0.1) is 0 Å². The molecule has 0 amide bonds. The molecule has 4 heteroatoms. The van der Waals surface area contributed by atoms with Crippen molar-refractivity contribution < 1.29 is 9.47 Å². The van der Waals surface area contributed by atoms with E-state index in [9.17, 15) is 0 Å². The van der Waals surface area contributed by atoms with Gasteiger partial charge < -0.3 is 19.3 Å². The molecule has 2 heterocycles. The quantitative estimate of drug-likeness (QED) is 0.393. The molecular weight excluding hydrogens is 336 g/mol. The maximum atomic E-state index is 5.61. The molecule has 2 aliphatic rings. The van der Waals surface area contributed by atoms with Gasteiger partial charge in [-0.05, 0) is 103 Å². The van der Waals surface area contributed by atoms with Gasteiger partial charge in [0.15, 0.2) is 0 Å². The molecule has 159 valence electrons. The Labute approximate surface area is 169 Å². The highest BCUT2D eigenvalue weighted by Crippen LogP contribution is 2.23. The molecule has 0 aliphatic carbocycles. The predicted molar refractivity (Wildman–Crippen MR) is 114 cm³/mol. The number of hydrogen-bond acceptors (Lipinski definition) is 4. The van der Waals surface area contributed by atoms with Crippen LogP contribution in [0.15, 0.2) is 0 Å². The van der Waals surface area contributed by atoms with E-state index >= 15 is 0 Å². The summed E-state index contributed by atoms with van der Waals surface area (Å²) in [5, 5.41) is 0. The fourth-order valence-electron chi connectivity index (χ4n) is 4.58. The maximum Gasteiger partial charge on any atom is 0.0480 e. The maximum absolute atomic E-state index is 5.61. The van der Waals surface area contributed by atoms with E-state index in [1.165, 1.54) is 84.1 Å². The number of hydrogen-bond donors (Lipinski definition) is 0. The van der Waals surface area contributed by atoms with E-state index in [-0.39, 0.29) is 0 Å². The van der Waals surface area contributed by atoms with Gasteiger partial charge in [0.05, 0.1) is 0 Å². The second-order valence-electron chi connectivity index (χ2n) is 8.39. The number of ether oxygens (including phenoxy) is 2. The third-order valence-electron chi connectivity index (χ3n) is 6.27. The second kappa shape index (κ2) is 14.8. The highest BCUT2D eigenvalue weighted by atomic mass is 16.5. The Bertz CT molecular complexity index is 345. The molecule has 0 aromatic rings. The zero-order chi connectivity index (χ0) is 19.2. The molecule has 0 bridgehead atoms. The van der Waals surface area contributed by atoms with Crippen LogP contribution in [0.5, 0.6) is 0 Å². The third-order valence-corrected chi connectivity index (χ3v) is 6.27. The van der Waals surface area contributed by atoms with Crippen LogP contribution < -0.4 is 0 Å². The Balaban J connectivity index is 1.46. The summed E-state index contributed by atoms with van der Waals surface area (Å²) < 4.78 is 11.2. The van der Waals surface area contributed by atoms with Crippen LogP contribution in [0.3, 0.4) is 0 Å².